The van der Waals surface area contributed by atoms with Gasteiger partial charge in [-0.2, -0.15) is 0 Å². The zero-order valence-electron chi connectivity index (χ0n) is 9.90. The highest BCUT2D eigenvalue weighted by Crippen LogP contribution is 2.18. The molecule has 3 nitrogen and oxygen atoms in total. The molecule has 0 radical (unpaired) electrons. The fraction of sp³-hybridized carbons (Fsp3) is 0.462. The minimum absolute atomic E-state index is 0.257. The molecule has 0 aliphatic carbocycles. The van der Waals surface area contributed by atoms with E-state index in [0.29, 0.717) is 11.9 Å². The molecule has 86 valence electrons. The molecule has 16 heavy (non-hydrogen) atoms. The Kier molecular flexibility index (Phi) is 3.13. The molecule has 0 aromatic heterocycles. The van der Waals surface area contributed by atoms with Gasteiger partial charge in [0.2, 0.25) is 0 Å². The van der Waals surface area contributed by atoms with Crippen LogP contribution in [0, 0.1) is 5.92 Å². The molecule has 0 bridgehead atoms. The number of nitrogens with zero attached hydrogens (tertiary/aromatic N) is 1. The van der Waals surface area contributed by atoms with Gasteiger partial charge in [-0.05, 0) is 23.5 Å². The number of nitrogens with two attached hydrogens (primary N) is 1. The van der Waals surface area contributed by atoms with Crippen LogP contribution in [0.2, 0.25) is 0 Å². The number of hydrogen-bond donors (Lipinski definition) is 2. The van der Waals surface area contributed by atoms with Gasteiger partial charge in [0.25, 0.3) is 0 Å². The third kappa shape index (κ3) is 2.54. The first-order chi connectivity index (χ1) is 7.65. The van der Waals surface area contributed by atoms with Crippen LogP contribution in [0.15, 0.2) is 29.3 Å². The van der Waals surface area contributed by atoms with Crippen LogP contribution in [0.1, 0.15) is 31.0 Å². The summed E-state index contributed by atoms with van der Waals surface area (Å²) in [7, 11) is 0. The lowest BCUT2D eigenvalue weighted by Gasteiger charge is -2.12. The normalized spacial score (nSPS) is 19.7. The summed E-state index contributed by atoms with van der Waals surface area (Å²) in [5.74, 6) is 1.26. The van der Waals surface area contributed by atoms with Crippen molar-refractivity contribution in [2.75, 3.05) is 6.54 Å². The van der Waals surface area contributed by atoms with Crippen molar-refractivity contribution in [1.82, 2.24) is 5.32 Å². The van der Waals surface area contributed by atoms with Gasteiger partial charge in [-0.25, -0.2) is 0 Å². The van der Waals surface area contributed by atoms with Crippen LogP contribution in [0.3, 0.4) is 0 Å². The smallest absolute Gasteiger partial charge is 0.189 e. The van der Waals surface area contributed by atoms with E-state index in [1.165, 1.54) is 11.1 Å². The van der Waals surface area contributed by atoms with E-state index in [-0.39, 0.29) is 6.04 Å². The highest BCUT2D eigenvalue weighted by molar-refractivity contribution is 5.80. The van der Waals surface area contributed by atoms with Crippen molar-refractivity contribution in [3.63, 3.8) is 0 Å². The molecule has 1 unspecified atom stereocenters. The van der Waals surface area contributed by atoms with Gasteiger partial charge >= 0.3 is 0 Å². The van der Waals surface area contributed by atoms with Crippen molar-refractivity contribution >= 4 is 5.96 Å². The molecule has 1 heterocycles. The van der Waals surface area contributed by atoms with E-state index in [0.717, 1.165) is 13.0 Å². The van der Waals surface area contributed by atoms with E-state index in [9.17, 15) is 0 Å². The summed E-state index contributed by atoms with van der Waals surface area (Å²) < 4.78 is 0. The Morgan fingerprint density at radius 3 is 2.56 bits per heavy atom. The number of benzene rings is 1. The van der Waals surface area contributed by atoms with Crippen LogP contribution < -0.4 is 11.1 Å². The van der Waals surface area contributed by atoms with E-state index in [4.69, 9.17) is 5.73 Å². The number of rotatable bonds is 3. The summed E-state index contributed by atoms with van der Waals surface area (Å²) in [5, 5.41) is 3.16. The zero-order chi connectivity index (χ0) is 11.5. The second-order valence-corrected chi connectivity index (χ2v) is 4.76. The summed E-state index contributed by atoms with van der Waals surface area (Å²) >= 11 is 0. The molecular weight excluding hydrogens is 198 g/mol. The zero-order valence-corrected chi connectivity index (χ0v) is 9.90. The first kappa shape index (κ1) is 11.0. The van der Waals surface area contributed by atoms with Gasteiger partial charge in [0.05, 0.1) is 12.6 Å². The van der Waals surface area contributed by atoms with Crippen LogP contribution in [-0.2, 0) is 6.42 Å². The maximum absolute atomic E-state index is 5.60. The predicted octanol–water partition coefficient (Wildman–Crippen LogP) is 1.84. The highest BCUT2D eigenvalue weighted by Gasteiger charge is 2.16. The summed E-state index contributed by atoms with van der Waals surface area (Å²) in [5.41, 5.74) is 8.25. The Morgan fingerprint density at radius 2 is 2.06 bits per heavy atom. The third-order valence-electron chi connectivity index (χ3n) is 2.79. The van der Waals surface area contributed by atoms with Gasteiger partial charge in [-0.1, -0.05) is 38.1 Å². The van der Waals surface area contributed by atoms with Gasteiger partial charge in [0, 0.05) is 0 Å². The molecule has 0 saturated carbocycles. The quantitative estimate of drug-likeness (QED) is 0.811. The molecule has 0 amide bonds. The van der Waals surface area contributed by atoms with Crippen LogP contribution in [0.5, 0.6) is 0 Å². The SMILES string of the molecule is CC(C)Cc1ccc(C2CN=C(N)N2)cc1. The summed E-state index contributed by atoms with van der Waals surface area (Å²) in [6, 6.07) is 9.00. The van der Waals surface area contributed by atoms with E-state index in [2.05, 4.69) is 48.4 Å². The molecular formula is C13H19N3. The summed E-state index contributed by atoms with van der Waals surface area (Å²) in [6.07, 6.45) is 1.14. The number of nitrogens with one attached hydrogen (secondary N) is 1. The number of hydrogen-bond acceptors (Lipinski definition) is 3. The molecule has 3 N–H and O–H groups in total. The standard InChI is InChI=1S/C13H19N3/c1-9(2)7-10-3-5-11(6-4-10)12-8-15-13(14)16-12/h3-6,9,12H,7-8H2,1-2H3,(H3,14,15,16). The first-order valence-corrected chi connectivity index (χ1v) is 5.80. The molecule has 1 atom stereocenters. The van der Waals surface area contributed by atoms with Crippen molar-refractivity contribution in [3.8, 4) is 0 Å². The highest BCUT2D eigenvalue weighted by atomic mass is 15.2. The van der Waals surface area contributed by atoms with Crippen molar-refractivity contribution in [1.29, 1.82) is 0 Å². The average Bonchev–Trinajstić information content (AvgIpc) is 2.65. The summed E-state index contributed by atoms with van der Waals surface area (Å²) in [4.78, 5) is 4.15. The van der Waals surface area contributed by atoms with Crippen LogP contribution in [0.25, 0.3) is 0 Å². The molecule has 0 spiro atoms. The van der Waals surface area contributed by atoms with Crippen molar-refractivity contribution < 1.29 is 0 Å². The average molecular weight is 217 g/mol. The van der Waals surface area contributed by atoms with Crippen LogP contribution in [0.4, 0.5) is 0 Å². The molecule has 0 saturated heterocycles. The monoisotopic (exact) mass is 217 g/mol. The maximum atomic E-state index is 5.60. The van der Waals surface area contributed by atoms with Gasteiger partial charge in [-0.15, -0.1) is 0 Å². The molecule has 1 aliphatic rings. The minimum Gasteiger partial charge on any atom is -0.370 e. The van der Waals surface area contributed by atoms with Gasteiger partial charge in [0.15, 0.2) is 5.96 Å². The number of aliphatic imine (C=N–C) groups is 1. The molecule has 1 aliphatic heterocycles. The van der Waals surface area contributed by atoms with E-state index in [1.54, 1.807) is 0 Å². The van der Waals surface area contributed by atoms with Gasteiger partial charge in [-0.3, -0.25) is 4.99 Å². The Balaban J connectivity index is 2.02. The molecule has 1 aromatic rings. The summed E-state index contributed by atoms with van der Waals surface area (Å²) in [6.45, 7) is 5.22. The first-order valence-electron chi connectivity index (χ1n) is 5.80. The Labute approximate surface area is 96.8 Å². The number of guanidine groups is 1. The minimum atomic E-state index is 0.257. The Hall–Kier alpha value is -1.51. The molecule has 1 aromatic carbocycles. The maximum Gasteiger partial charge on any atom is 0.189 e. The largest absolute Gasteiger partial charge is 0.370 e. The Bertz CT molecular complexity index is 379. The van der Waals surface area contributed by atoms with Crippen molar-refractivity contribution in [2.45, 2.75) is 26.3 Å². The molecule has 0 fully saturated rings. The van der Waals surface area contributed by atoms with E-state index >= 15 is 0 Å². The fourth-order valence-corrected chi connectivity index (χ4v) is 2.01. The van der Waals surface area contributed by atoms with Crippen LogP contribution in [-0.4, -0.2) is 12.5 Å². The van der Waals surface area contributed by atoms with Crippen LogP contribution >= 0.6 is 0 Å². The Morgan fingerprint density at radius 1 is 1.38 bits per heavy atom. The fourth-order valence-electron chi connectivity index (χ4n) is 2.01. The van der Waals surface area contributed by atoms with E-state index in [1.807, 2.05) is 0 Å². The van der Waals surface area contributed by atoms with Gasteiger partial charge < -0.3 is 11.1 Å². The van der Waals surface area contributed by atoms with Gasteiger partial charge in [0.1, 0.15) is 0 Å². The van der Waals surface area contributed by atoms with Crippen molar-refractivity contribution in [3.05, 3.63) is 35.4 Å². The second kappa shape index (κ2) is 4.56. The predicted molar refractivity (Wildman–Crippen MR) is 67.4 cm³/mol. The third-order valence-corrected chi connectivity index (χ3v) is 2.79. The topological polar surface area (TPSA) is 50.4 Å². The lowest BCUT2D eigenvalue weighted by atomic mass is 10.00. The lowest BCUT2D eigenvalue weighted by molar-refractivity contribution is 0.646. The van der Waals surface area contributed by atoms with Crippen molar-refractivity contribution in [2.24, 2.45) is 16.6 Å². The van der Waals surface area contributed by atoms with E-state index < -0.39 is 0 Å². The molecule has 3 heteroatoms. The second-order valence-electron chi connectivity index (χ2n) is 4.76. The lowest BCUT2D eigenvalue weighted by Crippen LogP contribution is -2.29. The molecule has 2 rings (SSSR count).